The van der Waals surface area contributed by atoms with Gasteiger partial charge in [-0.05, 0) is 22.9 Å². The van der Waals surface area contributed by atoms with E-state index in [2.05, 4.69) is 13.2 Å². The molecule has 0 fully saturated rings. The Balaban J connectivity index is 2.33. The number of hydrogen-bond donors (Lipinski definition) is 0. The van der Waals surface area contributed by atoms with Gasteiger partial charge in [-0.15, -0.1) is 13.2 Å². The van der Waals surface area contributed by atoms with Crippen molar-refractivity contribution in [3.8, 4) is 0 Å². The Morgan fingerprint density at radius 3 is 2.26 bits per heavy atom. The summed E-state index contributed by atoms with van der Waals surface area (Å²) < 4.78 is 0. The number of hydrogen-bond acceptors (Lipinski definition) is 1. The summed E-state index contributed by atoms with van der Waals surface area (Å²) in [6.45, 7) is 8.41. The lowest BCUT2D eigenvalue weighted by molar-refractivity contribution is 0.0791. The second kappa shape index (κ2) is 6.01. The average Bonchev–Trinajstić information content (AvgIpc) is 2.46. The predicted molar refractivity (Wildman–Crippen MR) is 80.2 cm³/mol. The zero-order chi connectivity index (χ0) is 13.7. The van der Waals surface area contributed by atoms with E-state index in [1.807, 2.05) is 42.5 Å². The minimum atomic E-state index is 0.00514. The molecule has 1 amide bonds. The molecule has 0 atom stereocenters. The molecule has 0 unspecified atom stereocenters. The molecule has 2 heteroatoms. The van der Waals surface area contributed by atoms with Crippen molar-refractivity contribution in [3.63, 3.8) is 0 Å². The summed E-state index contributed by atoms with van der Waals surface area (Å²) in [4.78, 5) is 14.1. The molecule has 19 heavy (non-hydrogen) atoms. The van der Waals surface area contributed by atoms with Crippen LogP contribution < -0.4 is 0 Å². The number of rotatable bonds is 5. The van der Waals surface area contributed by atoms with Gasteiger partial charge >= 0.3 is 0 Å². The van der Waals surface area contributed by atoms with Crippen LogP contribution in [0.4, 0.5) is 0 Å². The van der Waals surface area contributed by atoms with Crippen molar-refractivity contribution < 1.29 is 4.79 Å². The van der Waals surface area contributed by atoms with E-state index in [4.69, 9.17) is 0 Å². The number of carbonyl (C=O) groups is 1. The Kier molecular flexibility index (Phi) is 4.14. The molecule has 0 aromatic heterocycles. The van der Waals surface area contributed by atoms with Crippen LogP contribution in [-0.2, 0) is 0 Å². The van der Waals surface area contributed by atoms with E-state index in [1.54, 1.807) is 17.1 Å². The molecule has 0 aliphatic rings. The van der Waals surface area contributed by atoms with Crippen molar-refractivity contribution in [1.82, 2.24) is 4.90 Å². The van der Waals surface area contributed by atoms with Gasteiger partial charge in [-0.1, -0.05) is 42.5 Å². The summed E-state index contributed by atoms with van der Waals surface area (Å²) in [7, 11) is 0. The lowest BCUT2D eigenvalue weighted by Crippen LogP contribution is -2.31. The maximum absolute atomic E-state index is 12.4. The van der Waals surface area contributed by atoms with Crippen molar-refractivity contribution in [2.75, 3.05) is 13.1 Å². The maximum Gasteiger partial charge on any atom is 0.254 e. The quantitative estimate of drug-likeness (QED) is 0.743. The Hall–Kier alpha value is -2.35. The van der Waals surface area contributed by atoms with Crippen molar-refractivity contribution in [2.24, 2.45) is 0 Å². The Morgan fingerprint density at radius 2 is 1.63 bits per heavy atom. The van der Waals surface area contributed by atoms with Crippen molar-refractivity contribution in [2.45, 2.75) is 0 Å². The molecule has 2 nitrogen and oxygen atoms in total. The lowest BCUT2D eigenvalue weighted by Gasteiger charge is -2.19. The molecule has 0 saturated carbocycles. The molecule has 0 heterocycles. The first kappa shape index (κ1) is 13.1. The molecule has 0 saturated heterocycles. The third-order valence-electron chi connectivity index (χ3n) is 2.98. The summed E-state index contributed by atoms with van der Waals surface area (Å²) in [5.74, 6) is 0.00514. The zero-order valence-corrected chi connectivity index (χ0v) is 10.9. The molecule has 0 aliphatic heterocycles. The van der Waals surface area contributed by atoms with Gasteiger partial charge < -0.3 is 4.90 Å². The fraction of sp³-hybridized carbons (Fsp3) is 0.118. The van der Waals surface area contributed by atoms with Gasteiger partial charge in [-0.3, -0.25) is 4.79 Å². The van der Waals surface area contributed by atoms with Crippen LogP contribution in [0.5, 0.6) is 0 Å². The molecular formula is C17H17NO. The van der Waals surface area contributed by atoms with Gasteiger partial charge in [0.25, 0.3) is 5.91 Å². The van der Waals surface area contributed by atoms with Crippen molar-refractivity contribution >= 4 is 16.7 Å². The third kappa shape index (κ3) is 2.91. The molecule has 2 rings (SSSR count). The molecule has 0 N–H and O–H groups in total. The SMILES string of the molecule is C=CCN(CC=C)C(=O)c1ccc2ccccc2c1. The molecule has 2 aromatic carbocycles. The maximum atomic E-state index is 12.4. The van der Waals surface area contributed by atoms with E-state index in [9.17, 15) is 4.79 Å². The summed E-state index contributed by atoms with van der Waals surface area (Å²) in [5.41, 5.74) is 0.697. The Bertz CT molecular complexity index is 605. The molecule has 0 radical (unpaired) electrons. The van der Waals surface area contributed by atoms with Gasteiger partial charge in [-0.2, -0.15) is 0 Å². The third-order valence-corrected chi connectivity index (χ3v) is 2.98. The first-order valence-corrected chi connectivity index (χ1v) is 6.26. The average molecular weight is 251 g/mol. The van der Waals surface area contributed by atoms with E-state index in [-0.39, 0.29) is 5.91 Å². The van der Waals surface area contributed by atoms with E-state index in [1.165, 1.54) is 0 Å². The van der Waals surface area contributed by atoms with E-state index >= 15 is 0 Å². The van der Waals surface area contributed by atoms with Crippen LogP contribution in [0.25, 0.3) is 10.8 Å². The van der Waals surface area contributed by atoms with Crippen LogP contribution in [0, 0.1) is 0 Å². The minimum Gasteiger partial charge on any atom is -0.331 e. The first-order valence-electron chi connectivity index (χ1n) is 6.26. The van der Waals surface area contributed by atoms with E-state index in [0.717, 1.165) is 10.8 Å². The fourth-order valence-corrected chi connectivity index (χ4v) is 2.06. The van der Waals surface area contributed by atoms with Crippen LogP contribution in [0.3, 0.4) is 0 Å². The monoisotopic (exact) mass is 251 g/mol. The fourth-order valence-electron chi connectivity index (χ4n) is 2.06. The molecule has 2 aromatic rings. The number of amides is 1. The van der Waals surface area contributed by atoms with Crippen LogP contribution in [0.1, 0.15) is 10.4 Å². The highest BCUT2D eigenvalue weighted by atomic mass is 16.2. The summed E-state index contributed by atoms with van der Waals surface area (Å²) in [6.07, 6.45) is 3.45. The van der Waals surface area contributed by atoms with Gasteiger partial charge in [0.1, 0.15) is 0 Å². The molecule has 0 spiro atoms. The molecular weight excluding hydrogens is 234 g/mol. The topological polar surface area (TPSA) is 20.3 Å². The number of fused-ring (bicyclic) bond motifs is 1. The Morgan fingerprint density at radius 1 is 1.00 bits per heavy atom. The summed E-state index contributed by atoms with van der Waals surface area (Å²) in [6, 6.07) is 13.8. The highest BCUT2D eigenvalue weighted by Crippen LogP contribution is 2.16. The number of nitrogens with zero attached hydrogens (tertiary/aromatic N) is 1. The minimum absolute atomic E-state index is 0.00514. The normalized spacial score (nSPS) is 10.1. The van der Waals surface area contributed by atoms with Crippen LogP contribution in [0.2, 0.25) is 0 Å². The second-order valence-corrected chi connectivity index (χ2v) is 4.35. The first-order chi connectivity index (χ1) is 9.26. The van der Waals surface area contributed by atoms with Gasteiger partial charge in [0.15, 0.2) is 0 Å². The highest BCUT2D eigenvalue weighted by molar-refractivity contribution is 5.98. The number of carbonyl (C=O) groups excluding carboxylic acids is 1. The summed E-state index contributed by atoms with van der Waals surface area (Å²) in [5, 5.41) is 2.21. The summed E-state index contributed by atoms with van der Waals surface area (Å²) >= 11 is 0. The lowest BCUT2D eigenvalue weighted by atomic mass is 10.1. The Labute approximate surface area is 113 Å². The van der Waals surface area contributed by atoms with Crippen LogP contribution in [-0.4, -0.2) is 23.9 Å². The van der Waals surface area contributed by atoms with Gasteiger partial charge in [0.05, 0.1) is 0 Å². The van der Waals surface area contributed by atoms with Crippen molar-refractivity contribution in [3.05, 3.63) is 73.3 Å². The second-order valence-electron chi connectivity index (χ2n) is 4.35. The molecule has 96 valence electrons. The van der Waals surface area contributed by atoms with Gasteiger partial charge in [-0.25, -0.2) is 0 Å². The smallest absolute Gasteiger partial charge is 0.254 e. The van der Waals surface area contributed by atoms with Gasteiger partial charge in [0, 0.05) is 18.7 Å². The standard InChI is InChI=1S/C17H17NO/c1-3-11-18(12-4-2)17(19)16-10-9-14-7-5-6-8-15(14)13-16/h3-10,13H,1-2,11-12H2. The largest absolute Gasteiger partial charge is 0.331 e. The number of benzene rings is 2. The van der Waals surface area contributed by atoms with Crippen molar-refractivity contribution in [1.29, 1.82) is 0 Å². The highest BCUT2D eigenvalue weighted by Gasteiger charge is 2.13. The van der Waals surface area contributed by atoms with Crippen LogP contribution in [0.15, 0.2) is 67.8 Å². The van der Waals surface area contributed by atoms with E-state index < -0.39 is 0 Å². The van der Waals surface area contributed by atoms with Crippen LogP contribution >= 0.6 is 0 Å². The molecule has 0 bridgehead atoms. The predicted octanol–water partition coefficient (Wildman–Crippen LogP) is 3.65. The molecule has 0 aliphatic carbocycles. The zero-order valence-electron chi connectivity index (χ0n) is 10.9. The van der Waals surface area contributed by atoms with Gasteiger partial charge in [0.2, 0.25) is 0 Å². The van der Waals surface area contributed by atoms with E-state index in [0.29, 0.717) is 18.7 Å².